The molecule has 1 atom stereocenters. The van der Waals surface area contributed by atoms with E-state index in [0.717, 1.165) is 0 Å². The number of carbonyl (C=O) groups excluding carboxylic acids is 2. The number of rotatable bonds is 3. The van der Waals surface area contributed by atoms with Crippen LogP contribution < -0.4 is 4.90 Å². The summed E-state index contributed by atoms with van der Waals surface area (Å²) in [5.41, 5.74) is 1.02. The zero-order valence-electron chi connectivity index (χ0n) is 15.7. The number of phenols is 1. The normalized spacial score (nSPS) is 17.9. The predicted octanol–water partition coefficient (Wildman–Crippen LogP) is 5.98. The molecule has 0 aromatic heterocycles. The summed E-state index contributed by atoms with van der Waals surface area (Å²) in [6.45, 7) is 0. The second-order valence-electron chi connectivity index (χ2n) is 6.87. The number of anilines is 1. The average molecular weight is 475 g/mol. The number of hydrogen-bond donors (Lipinski definition) is 2. The van der Waals surface area contributed by atoms with Crippen LogP contribution in [0.4, 0.5) is 5.69 Å². The van der Waals surface area contributed by atoms with Gasteiger partial charge < -0.3 is 10.2 Å². The number of benzene rings is 3. The number of aliphatic hydroxyl groups is 1. The molecule has 156 valence electrons. The van der Waals surface area contributed by atoms with E-state index in [1.807, 2.05) is 0 Å². The van der Waals surface area contributed by atoms with Gasteiger partial charge in [-0.25, -0.2) is 0 Å². The van der Waals surface area contributed by atoms with E-state index in [-0.39, 0.29) is 32.7 Å². The molecule has 1 amide bonds. The van der Waals surface area contributed by atoms with Gasteiger partial charge in [-0.1, -0.05) is 53.0 Å². The highest BCUT2D eigenvalue weighted by molar-refractivity contribution is 6.52. The highest BCUT2D eigenvalue weighted by Gasteiger charge is 2.47. The third-order valence-corrected chi connectivity index (χ3v) is 5.91. The van der Waals surface area contributed by atoms with Crippen molar-refractivity contribution in [1.82, 2.24) is 0 Å². The zero-order valence-corrected chi connectivity index (χ0v) is 18.0. The molecule has 1 unspecified atom stereocenters. The molecule has 2 N–H and O–H groups in total. The fourth-order valence-electron chi connectivity index (χ4n) is 3.50. The standard InChI is InChI=1S/C23H14Cl3NO4/c24-14-2-1-3-15(11-14)27-20(12-4-7-16(28)8-5-12)19(22(30)23(27)31)21(29)13-6-9-17(25)18(26)10-13/h1-11,20,28-29H/b21-19+. The van der Waals surface area contributed by atoms with Crippen molar-refractivity contribution in [2.75, 3.05) is 4.90 Å². The molecule has 0 saturated carbocycles. The molecule has 0 spiro atoms. The molecule has 3 aromatic rings. The van der Waals surface area contributed by atoms with Crippen LogP contribution in [0.1, 0.15) is 17.2 Å². The van der Waals surface area contributed by atoms with Gasteiger partial charge >= 0.3 is 0 Å². The van der Waals surface area contributed by atoms with Gasteiger partial charge in [-0.05, 0) is 54.1 Å². The number of aromatic hydroxyl groups is 1. The Morgan fingerprint density at radius 1 is 0.871 bits per heavy atom. The van der Waals surface area contributed by atoms with Crippen molar-refractivity contribution in [3.63, 3.8) is 0 Å². The second kappa shape index (κ2) is 8.27. The van der Waals surface area contributed by atoms with E-state index in [9.17, 15) is 19.8 Å². The number of hydrogen-bond acceptors (Lipinski definition) is 4. The van der Waals surface area contributed by atoms with E-state index >= 15 is 0 Å². The van der Waals surface area contributed by atoms with Crippen molar-refractivity contribution in [2.45, 2.75) is 6.04 Å². The predicted molar refractivity (Wildman–Crippen MR) is 121 cm³/mol. The molecule has 3 aromatic carbocycles. The van der Waals surface area contributed by atoms with Gasteiger partial charge in [0.15, 0.2) is 0 Å². The lowest BCUT2D eigenvalue weighted by molar-refractivity contribution is -0.132. The van der Waals surface area contributed by atoms with Crippen LogP contribution in [-0.2, 0) is 9.59 Å². The minimum atomic E-state index is -0.950. The molecule has 0 aliphatic carbocycles. The third-order valence-electron chi connectivity index (χ3n) is 4.93. The first-order chi connectivity index (χ1) is 14.8. The Balaban J connectivity index is 1.96. The smallest absolute Gasteiger partial charge is 0.300 e. The topological polar surface area (TPSA) is 77.8 Å². The number of aliphatic hydroxyl groups excluding tert-OH is 1. The lowest BCUT2D eigenvalue weighted by atomic mass is 9.95. The fraction of sp³-hybridized carbons (Fsp3) is 0.0435. The van der Waals surface area contributed by atoms with Crippen molar-refractivity contribution in [1.29, 1.82) is 0 Å². The zero-order chi connectivity index (χ0) is 22.3. The summed E-state index contributed by atoms with van der Waals surface area (Å²) < 4.78 is 0. The van der Waals surface area contributed by atoms with Gasteiger partial charge in [0.2, 0.25) is 0 Å². The maximum absolute atomic E-state index is 13.0. The van der Waals surface area contributed by atoms with Crippen LogP contribution in [0.5, 0.6) is 5.75 Å². The number of amides is 1. The highest BCUT2D eigenvalue weighted by Crippen LogP contribution is 2.43. The molecular weight excluding hydrogens is 461 g/mol. The Labute approximate surface area is 192 Å². The molecular formula is C23H14Cl3NO4. The van der Waals surface area contributed by atoms with Crippen molar-refractivity contribution >= 4 is 57.9 Å². The molecule has 31 heavy (non-hydrogen) atoms. The molecule has 4 rings (SSSR count). The number of halogens is 3. The Hall–Kier alpha value is -2.99. The molecule has 0 radical (unpaired) electrons. The summed E-state index contributed by atoms with van der Waals surface area (Å²) in [6.07, 6.45) is 0. The van der Waals surface area contributed by atoms with Gasteiger partial charge in [-0.2, -0.15) is 0 Å². The number of ketones is 1. The average Bonchev–Trinajstić information content (AvgIpc) is 3.01. The maximum Gasteiger partial charge on any atom is 0.300 e. The van der Waals surface area contributed by atoms with E-state index < -0.39 is 17.7 Å². The largest absolute Gasteiger partial charge is 0.508 e. The summed E-state index contributed by atoms with van der Waals surface area (Å²) in [5.74, 6) is -2.05. The van der Waals surface area contributed by atoms with Gasteiger partial charge in [0.05, 0.1) is 21.7 Å². The minimum absolute atomic E-state index is 0.0212. The first-order valence-electron chi connectivity index (χ1n) is 9.09. The summed E-state index contributed by atoms with van der Waals surface area (Å²) in [5, 5.41) is 21.6. The Morgan fingerprint density at radius 2 is 1.58 bits per heavy atom. The number of phenolic OH excluding ortho intramolecular Hbond substituents is 1. The monoisotopic (exact) mass is 473 g/mol. The van der Waals surface area contributed by atoms with Gasteiger partial charge in [0, 0.05) is 16.3 Å². The van der Waals surface area contributed by atoms with Crippen LogP contribution in [0.15, 0.2) is 72.3 Å². The van der Waals surface area contributed by atoms with E-state index in [2.05, 4.69) is 0 Å². The van der Waals surface area contributed by atoms with Gasteiger partial charge in [0.1, 0.15) is 11.5 Å². The van der Waals surface area contributed by atoms with Crippen LogP contribution in [-0.4, -0.2) is 21.9 Å². The summed E-state index contributed by atoms with van der Waals surface area (Å²) in [7, 11) is 0. The molecule has 1 fully saturated rings. The molecule has 1 saturated heterocycles. The Kier molecular flexibility index (Phi) is 5.67. The Morgan fingerprint density at radius 3 is 2.23 bits per heavy atom. The van der Waals surface area contributed by atoms with Crippen LogP contribution in [0.25, 0.3) is 5.76 Å². The van der Waals surface area contributed by atoms with E-state index in [1.165, 1.54) is 35.2 Å². The number of carbonyl (C=O) groups is 2. The highest BCUT2D eigenvalue weighted by atomic mass is 35.5. The first-order valence-corrected chi connectivity index (χ1v) is 10.2. The van der Waals surface area contributed by atoms with E-state index in [4.69, 9.17) is 34.8 Å². The van der Waals surface area contributed by atoms with Crippen molar-refractivity contribution in [3.8, 4) is 5.75 Å². The molecule has 8 heteroatoms. The summed E-state index contributed by atoms with van der Waals surface area (Å²) in [4.78, 5) is 27.3. The molecule has 0 bridgehead atoms. The summed E-state index contributed by atoms with van der Waals surface area (Å²) >= 11 is 18.1. The molecule has 5 nitrogen and oxygen atoms in total. The number of Topliss-reactive ketones (excluding diaryl/α,β-unsaturated/α-hetero) is 1. The lowest BCUT2D eigenvalue weighted by Gasteiger charge is -2.25. The van der Waals surface area contributed by atoms with Crippen molar-refractivity contribution < 1.29 is 19.8 Å². The molecule has 1 aliphatic rings. The Bertz CT molecular complexity index is 1240. The fourth-order valence-corrected chi connectivity index (χ4v) is 3.98. The van der Waals surface area contributed by atoms with Crippen molar-refractivity contribution in [3.05, 3.63) is 98.5 Å². The van der Waals surface area contributed by atoms with Crippen LogP contribution in [0.3, 0.4) is 0 Å². The van der Waals surface area contributed by atoms with Crippen molar-refractivity contribution in [2.24, 2.45) is 0 Å². The second-order valence-corrected chi connectivity index (χ2v) is 8.12. The van der Waals surface area contributed by atoms with E-state index in [0.29, 0.717) is 16.3 Å². The maximum atomic E-state index is 13.0. The van der Waals surface area contributed by atoms with Crippen LogP contribution in [0.2, 0.25) is 15.1 Å². The van der Waals surface area contributed by atoms with Crippen LogP contribution >= 0.6 is 34.8 Å². The third kappa shape index (κ3) is 3.88. The minimum Gasteiger partial charge on any atom is -0.508 e. The first kappa shape index (κ1) is 21.2. The quantitative estimate of drug-likeness (QED) is 0.278. The SMILES string of the molecule is O=C1C(=O)N(c2cccc(Cl)c2)C(c2ccc(O)cc2)/C1=C(\O)c1ccc(Cl)c(Cl)c1. The van der Waals surface area contributed by atoms with Gasteiger partial charge in [0.25, 0.3) is 11.7 Å². The lowest BCUT2D eigenvalue weighted by Crippen LogP contribution is -2.29. The molecule has 1 aliphatic heterocycles. The molecule has 1 heterocycles. The van der Waals surface area contributed by atoms with Gasteiger partial charge in [-0.3, -0.25) is 14.5 Å². The van der Waals surface area contributed by atoms with E-state index in [1.54, 1.807) is 36.4 Å². The van der Waals surface area contributed by atoms with Gasteiger partial charge in [-0.15, -0.1) is 0 Å². The number of nitrogens with zero attached hydrogens (tertiary/aromatic N) is 1. The van der Waals surface area contributed by atoms with Crippen LogP contribution in [0, 0.1) is 0 Å². The summed E-state index contributed by atoms with van der Waals surface area (Å²) in [6, 6.07) is 16.0.